The molecule has 4 rings (SSSR count). The number of carboxylic acid groups (broad SMARTS) is 1. The quantitative estimate of drug-likeness (QED) is 0.507. The minimum Gasteiger partial charge on any atom is -0.478 e. The van der Waals surface area contributed by atoms with Gasteiger partial charge in [0.05, 0.1) is 38.0 Å². The fraction of sp³-hybridized carbons (Fsp3) is 0.350. The molecule has 1 aliphatic heterocycles. The summed E-state index contributed by atoms with van der Waals surface area (Å²) in [5.41, 5.74) is 1.75. The van der Waals surface area contributed by atoms with Crippen LogP contribution in [0.3, 0.4) is 0 Å². The largest absolute Gasteiger partial charge is 0.478 e. The van der Waals surface area contributed by atoms with E-state index < -0.39 is 5.97 Å². The van der Waals surface area contributed by atoms with Gasteiger partial charge in [-0.3, -0.25) is 4.79 Å². The van der Waals surface area contributed by atoms with Gasteiger partial charge < -0.3 is 25.0 Å². The van der Waals surface area contributed by atoms with Gasteiger partial charge in [0.2, 0.25) is 0 Å². The number of nitrogens with one attached hydrogen (secondary N) is 2. The summed E-state index contributed by atoms with van der Waals surface area (Å²) in [6, 6.07) is 4.84. The van der Waals surface area contributed by atoms with Crippen molar-refractivity contribution in [3.63, 3.8) is 0 Å². The zero-order chi connectivity index (χ0) is 22.3. The minimum absolute atomic E-state index is 0.201. The number of carbonyl (C=O) groups is 2. The van der Waals surface area contributed by atoms with E-state index in [1.54, 1.807) is 32.2 Å². The van der Waals surface area contributed by atoms with Crippen LogP contribution < -0.4 is 10.2 Å². The van der Waals surface area contributed by atoms with Crippen molar-refractivity contribution in [2.24, 2.45) is 0 Å². The standard InChI is InChI=1S/C20H20Cl2N4O4S/c1-9-14(21)15(22)16(23-9)18(27)24-11-6-7-26(8-13(11)30-2)20-25-12-5-3-4-10(19(28)29)17(12)31-20/h3-5,11,13,23H,6-8H2,1-2H3,(H,24,27)(H,28,29). The van der Waals surface area contributed by atoms with Gasteiger partial charge in [0.15, 0.2) is 5.13 Å². The highest BCUT2D eigenvalue weighted by Crippen LogP contribution is 2.33. The van der Waals surface area contributed by atoms with Crippen molar-refractivity contribution in [2.75, 3.05) is 25.1 Å². The van der Waals surface area contributed by atoms with Gasteiger partial charge in [-0.1, -0.05) is 40.6 Å². The van der Waals surface area contributed by atoms with Crippen LogP contribution in [0.4, 0.5) is 5.13 Å². The summed E-state index contributed by atoms with van der Waals surface area (Å²) in [4.78, 5) is 33.8. The molecule has 1 aliphatic rings. The van der Waals surface area contributed by atoms with E-state index in [2.05, 4.69) is 20.2 Å². The molecule has 2 unspecified atom stereocenters. The Labute approximate surface area is 192 Å². The first-order chi connectivity index (χ1) is 14.8. The van der Waals surface area contributed by atoms with Gasteiger partial charge in [-0.15, -0.1) is 0 Å². The topological polar surface area (TPSA) is 108 Å². The number of ether oxygens (including phenoxy) is 1. The van der Waals surface area contributed by atoms with Crippen molar-refractivity contribution in [1.82, 2.24) is 15.3 Å². The van der Waals surface area contributed by atoms with Gasteiger partial charge in [0.1, 0.15) is 5.69 Å². The predicted molar refractivity (Wildman–Crippen MR) is 121 cm³/mol. The van der Waals surface area contributed by atoms with E-state index in [0.717, 1.165) is 5.13 Å². The van der Waals surface area contributed by atoms with Gasteiger partial charge >= 0.3 is 5.97 Å². The maximum atomic E-state index is 12.7. The van der Waals surface area contributed by atoms with Gasteiger partial charge in [-0.05, 0) is 25.5 Å². The van der Waals surface area contributed by atoms with E-state index in [1.807, 2.05) is 0 Å². The van der Waals surface area contributed by atoms with Crippen LogP contribution in [0.15, 0.2) is 18.2 Å². The van der Waals surface area contributed by atoms with Gasteiger partial charge in [-0.2, -0.15) is 0 Å². The van der Waals surface area contributed by atoms with Crippen LogP contribution in [-0.4, -0.2) is 59.3 Å². The number of methoxy groups -OCH3 is 1. The second kappa shape index (κ2) is 8.66. The highest BCUT2D eigenvalue weighted by atomic mass is 35.5. The molecule has 2 aromatic heterocycles. The Morgan fingerprint density at radius 2 is 2.13 bits per heavy atom. The van der Waals surface area contributed by atoms with E-state index >= 15 is 0 Å². The maximum Gasteiger partial charge on any atom is 0.337 e. The first-order valence-electron chi connectivity index (χ1n) is 9.55. The summed E-state index contributed by atoms with van der Waals surface area (Å²) < 4.78 is 6.29. The summed E-state index contributed by atoms with van der Waals surface area (Å²) in [6.07, 6.45) is 0.339. The number of piperidine rings is 1. The predicted octanol–water partition coefficient (Wildman–Crippen LogP) is 3.96. The summed E-state index contributed by atoms with van der Waals surface area (Å²) in [5.74, 6) is -1.32. The van der Waals surface area contributed by atoms with Crippen LogP contribution in [0.25, 0.3) is 10.2 Å². The van der Waals surface area contributed by atoms with Gasteiger partial charge in [-0.25, -0.2) is 9.78 Å². The van der Waals surface area contributed by atoms with Crippen LogP contribution in [0.2, 0.25) is 10.0 Å². The highest BCUT2D eigenvalue weighted by Gasteiger charge is 2.33. The number of hydrogen-bond donors (Lipinski definition) is 3. The molecule has 1 aromatic carbocycles. The number of carboxylic acids is 1. The Hall–Kier alpha value is -2.33. The number of aromatic nitrogens is 2. The second-order valence-electron chi connectivity index (χ2n) is 7.30. The minimum atomic E-state index is -0.977. The smallest absolute Gasteiger partial charge is 0.337 e. The molecule has 3 N–H and O–H groups in total. The molecule has 0 bridgehead atoms. The third kappa shape index (κ3) is 4.10. The SMILES string of the molecule is COC1CN(c2nc3cccc(C(=O)O)c3s2)CCC1NC(=O)c1[nH]c(C)c(Cl)c1Cl. The Balaban J connectivity index is 1.50. The number of aryl methyl sites for hydroxylation is 1. The van der Waals surface area contributed by atoms with Crippen LogP contribution in [0.1, 0.15) is 33.0 Å². The number of fused-ring (bicyclic) bond motifs is 1. The summed E-state index contributed by atoms with van der Waals surface area (Å²) in [6.45, 7) is 2.88. The zero-order valence-corrected chi connectivity index (χ0v) is 19.1. The third-order valence-electron chi connectivity index (χ3n) is 5.36. The van der Waals surface area contributed by atoms with Crippen LogP contribution in [0.5, 0.6) is 0 Å². The Morgan fingerprint density at radius 1 is 1.35 bits per heavy atom. The number of carbonyl (C=O) groups excluding carboxylic acids is 1. The second-order valence-corrected chi connectivity index (χ2v) is 9.03. The molecule has 1 saturated heterocycles. The number of anilines is 1. The van der Waals surface area contributed by atoms with Crippen LogP contribution >= 0.6 is 34.5 Å². The molecule has 1 fully saturated rings. The number of aromatic amines is 1. The van der Waals surface area contributed by atoms with Crippen molar-refractivity contribution >= 4 is 61.8 Å². The normalized spacial score (nSPS) is 19.0. The van der Waals surface area contributed by atoms with E-state index in [-0.39, 0.29) is 34.3 Å². The molecule has 0 radical (unpaired) electrons. The maximum absolute atomic E-state index is 12.7. The molecule has 8 nitrogen and oxygen atoms in total. The number of thiazole rings is 1. The molecule has 2 atom stereocenters. The average molecular weight is 483 g/mol. The Morgan fingerprint density at radius 3 is 2.77 bits per heavy atom. The molecular weight excluding hydrogens is 463 g/mol. The lowest BCUT2D eigenvalue weighted by Crippen LogP contribution is -2.55. The van der Waals surface area contributed by atoms with E-state index in [1.165, 1.54) is 11.3 Å². The van der Waals surface area contributed by atoms with Crippen LogP contribution in [0, 0.1) is 6.92 Å². The molecule has 11 heteroatoms. The first-order valence-corrected chi connectivity index (χ1v) is 11.1. The number of halogens is 2. The van der Waals surface area contributed by atoms with Crippen molar-refractivity contribution < 1.29 is 19.4 Å². The molecular formula is C20H20Cl2N4O4S. The number of nitrogens with zero attached hydrogens (tertiary/aromatic N) is 2. The highest BCUT2D eigenvalue weighted by molar-refractivity contribution is 7.22. The number of benzene rings is 1. The Bertz CT molecular complexity index is 1160. The third-order valence-corrected chi connectivity index (χ3v) is 7.48. The monoisotopic (exact) mass is 482 g/mol. The summed E-state index contributed by atoms with van der Waals surface area (Å²) in [5, 5.41) is 13.7. The van der Waals surface area contributed by atoms with Crippen molar-refractivity contribution in [3.05, 3.63) is 45.2 Å². The fourth-order valence-electron chi connectivity index (χ4n) is 3.70. The molecule has 3 heterocycles. The lowest BCUT2D eigenvalue weighted by Gasteiger charge is -2.37. The lowest BCUT2D eigenvalue weighted by atomic mass is 10.0. The van der Waals surface area contributed by atoms with Crippen LogP contribution in [-0.2, 0) is 4.74 Å². The number of rotatable bonds is 5. The van der Waals surface area contributed by atoms with Crippen molar-refractivity contribution in [2.45, 2.75) is 25.5 Å². The Kier molecular flexibility index (Phi) is 6.11. The number of aromatic carboxylic acids is 1. The number of amides is 1. The molecule has 3 aromatic rings. The number of H-pyrrole nitrogens is 1. The van der Waals surface area contributed by atoms with E-state index in [4.69, 9.17) is 27.9 Å². The summed E-state index contributed by atoms with van der Waals surface area (Å²) >= 11 is 13.6. The van der Waals surface area contributed by atoms with E-state index in [9.17, 15) is 14.7 Å². The van der Waals surface area contributed by atoms with Gasteiger partial charge in [0, 0.05) is 25.9 Å². The molecule has 1 amide bonds. The molecule has 0 aliphatic carbocycles. The van der Waals surface area contributed by atoms with Crippen molar-refractivity contribution in [3.8, 4) is 0 Å². The molecule has 0 spiro atoms. The van der Waals surface area contributed by atoms with Gasteiger partial charge in [0.25, 0.3) is 5.91 Å². The zero-order valence-electron chi connectivity index (χ0n) is 16.7. The fourth-order valence-corrected chi connectivity index (χ4v) is 5.23. The first kappa shape index (κ1) is 21.9. The summed E-state index contributed by atoms with van der Waals surface area (Å²) in [7, 11) is 1.59. The van der Waals surface area contributed by atoms with E-state index in [0.29, 0.717) is 40.4 Å². The molecule has 164 valence electrons. The molecule has 31 heavy (non-hydrogen) atoms. The average Bonchev–Trinajstić information content (AvgIpc) is 3.30. The number of hydrogen-bond acceptors (Lipinski definition) is 6. The molecule has 0 saturated carbocycles. The van der Waals surface area contributed by atoms with Crippen molar-refractivity contribution in [1.29, 1.82) is 0 Å². The lowest BCUT2D eigenvalue weighted by molar-refractivity contribution is 0.0540.